The average Bonchev–Trinajstić information content (AvgIpc) is 3.02. The molecule has 0 bridgehead atoms. The Bertz CT molecular complexity index is 295. The summed E-state index contributed by atoms with van der Waals surface area (Å²) in [7, 11) is 0. The first-order chi connectivity index (χ1) is 8.44. The van der Waals surface area contributed by atoms with Gasteiger partial charge in [0.2, 0.25) is 0 Å². The SMILES string of the molecule is CC(C)(C)OC(=O)NC1CNCCC1CC1CC1. The number of carbonyl (C=O) groups is 1. The molecule has 2 rings (SSSR count). The molecule has 0 aromatic rings. The van der Waals surface area contributed by atoms with Crippen molar-refractivity contribution in [3.05, 3.63) is 0 Å². The van der Waals surface area contributed by atoms with Crippen molar-refractivity contribution in [2.75, 3.05) is 13.1 Å². The van der Waals surface area contributed by atoms with Gasteiger partial charge in [-0.1, -0.05) is 12.8 Å². The quantitative estimate of drug-likeness (QED) is 0.812. The lowest BCUT2D eigenvalue weighted by molar-refractivity contribution is 0.0471. The van der Waals surface area contributed by atoms with Crippen LogP contribution in [0.25, 0.3) is 0 Å². The highest BCUT2D eigenvalue weighted by atomic mass is 16.6. The second-order valence-electron chi connectivity index (χ2n) is 6.68. The summed E-state index contributed by atoms with van der Waals surface area (Å²) < 4.78 is 5.33. The van der Waals surface area contributed by atoms with E-state index in [4.69, 9.17) is 4.74 Å². The summed E-state index contributed by atoms with van der Waals surface area (Å²) >= 11 is 0. The Morgan fingerprint density at radius 2 is 2.06 bits per heavy atom. The standard InChI is InChI=1S/C14H26N2O2/c1-14(2,3)18-13(17)16-12-9-15-7-6-11(12)8-10-4-5-10/h10-12,15H,4-9H2,1-3H3,(H,16,17). The second-order valence-corrected chi connectivity index (χ2v) is 6.68. The first kappa shape index (κ1) is 13.7. The van der Waals surface area contributed by atoms with E-state index in [2.05, 4.69) is 10.6 Å². The van der Waals surface area contributed by atoms with Crippen LogP contribution < -0.4 is 10.6 Å². The molecule has 2 unspecified atom stereocenters. The zero-order chi connectivity index (χ0) is 13.2. The molecule has 4 nitrogen and oxygen atoms in total. The molecule has 18 heavy (non-hydrogen) atoms. The van der Waals surface area contributed by atoms with Crippen molar-refractivity contribution in [2.45, 2.75) is 58.1 Å². The zero-order valence-corrected chi connectivity index (χ0v) is 11.8. The van der Waals surface area contributed by atoms with Gasteiger partial charge in [-0.3, -0.25) is 0 Å². The molecule has 0 aromatic heterocycles. The number of ether oxygens (including phenoxy) is 1. The minimum Gasteiger partial charge on any atom is -0.444 e. The second kappa shape index (κ2) is 5.47. The van der Waals surface area contributed by atoms with Gasteiger partial charge in [0.15, 0.2) is 0 Å². The molecule has 1 heterocycles. The molecule has 1 saturated heterocycles. The van der Waals surface area contributed by atoms with Crippen LogP contribution >= 0.6 is 0 Å². The topological polar surface area (TPSA) is 50.4 Å². The number of rotatable bonds is 3. The summed E-state index contributed by atoms with van der Waals surface area (Å²) in [5.74, 6) is 1.53. The molecule has 0 radical (unpaired) electrons. The maximum atomic E-state index is 11.8. The van der Waals surface area contributed by atoms with Gasteiger partial charge in [0.25, 0.3) is 0 Å². The molecule has 2 N–H and O–H groups in total. The van der Waals surface area contributed by atoms with Gasteiger partial charge in [0.05, 0.1) is 0 Å². The molecule has 2 atom stereocenters. The van der Waals surface area contributed by atoms with Crippen LogP contribution in [0, 0.1) is 11.8 Å². The first-order valence-electron chi connectivity index (χ1n) is 7.14. The number of carbonyl (C=O) groups excluding carboxylic acids is 1. The lowest BCUT2D eigenvalue weighted by Gasteiger charge is -2.33. The molecule has 0 aromatic carbocycles. The Labute approximate surface area is 110 Å². The normalized spacial score (nSPS) is 28.8. The van der Waals surface area contributed by atoms with E-state index in [1.54, 1.807) is 0 Å². The Morgan fingerprint density at radius 1 is 1.33 bits per heavy atom. The molecule has 104 valence electrons. The highest BCUT2D eigenvalue weighted by Crippen LogP contribution is 2.37. The maximum absolute atomic E-state index is 11.8. The van der Waals surface area contributed by atoms with Crippen LogP contribution in [0.1, 0.15) is 46.5 Å². The van der Waals surface area contributed by atoms with Crippen molar-refractivity contribution >= 4 is 6.09 Å². The molecule has 1 saturated carbocycles. The van der Waals surface area contributed by atoms with Crippen molar-refractivity contribution in [2.24, 2.45) is 11.8 Å². The summed E-state index contributed by atoms with van der Waals surface area (Å²) in [6, 6.07) is 0.231. The Hall–Kier alpha value is -0.770. The van der Waals surface area contributed by atoms with E-state index in [1.165, 1.54) is 19.3 Å². The third-order valence-corrected chi connectivity index (χ3v) is 3.66. The predicted octanol–water partition coefficient (Wildman–Crippen LogP) is 2.29. The summed E-state index contributed by atoms with van der Waals surface area (Å²) in [6.07, 6.45) is 4.91. The zero-order valence-electron chi connectivity index (χ0n) is 11.8. The van der Waals surface area contributed by atoms with Crippen molar-refractivity contribution in [1.29, 1.82) is 0 Å². The number of nitrogens with one attached hydrogen (secondary N) is 2. The molecule has 1 amide bonds. The van der Waals surface area contributed by atoms with E-state index in [0.29, 0.717) is 5.92 Å². The van der Waals surface area contributed by atoms with Crippen LogP contribution in [0.3, 0.4) is 0 Å². The molecule has 2 aliphatic rings. The molecule has 0 spiro atoms. The van der Waals surface area contributed by atoms with E-state index in [9.17, 15) is 4.79 Å². The van der Waals surface area contributed by atoms with Gasteiger partial charge in [-0.25, -0.2) is 4.79 Å². The fourth-order valence-electron chi connectivity index (χ4n) is 2.60. The lowest BCUT2D eigenvalue weighted by Crippen LogP contribution is -2.52. The minimum atomic E-state index is -0.418. The van der Waals surface area contributed by atoms with Crippen LogP contribution in [-0.4, -0.2) is 30.8 Å². The Morgan fingerprint density at radius 3 is 2.67 bits per heavy atom. The van der Waals surface area contributed by atoms with Gasteiger partial charge in [-0.2, -0.15) is 0 Å². The third kappa shape index (κ3) is 4.48. The molecular weight excluding hydrogens is 228 g/mol. The van der Waals surface area contributed by atoms with Gasteiger partial charge in [0.1, 0.15) is 5.60 Å². The number of hydrogen-bond acceptors (Lipinski definition) is 3. The van der Waals surface area contributed by atoms with Gasteiger partial charge in [0, 0.05) is 12.6 Å². The third-order valence-electron chi connectivity index (χ3n) is 3.66. The summed E-state index contributed by atoms with van der Waals surface area (Å²) in [5.41, 5.74) is -0.418. The molecule has 1 aliphatic heterocycles. The van der Waals surface area contributed by atoms with Crippen LogP contribution in [-0.2, 0) is 4.74 Å². The average molecular weight is 254 g/mol. The van der Waals surface area contributed by atoms with Crippen LogP contribution in [0.2, 0.25) is 0 Å². The van der Waals surface area contributed by atoms with Gasteiger partial charge in [-0.05, 0) is 52.0 Å². The number of amides is 1. The Balaban J connectivity index is 1.82. The van der Waals surface area contributed by atoms with Crippen LogP contribution in [0.4, 0.5) is 4.79 Å². The van der Waals surface area contributed by atoms with E-state index >= 15 is 0 Å². The van der Waals surface area contributed by atoms with Crippen molar-refractivity contribution < 1.29 is 9.53 Å². The highest BCUT2D eigenvalue weighted by Gasteiger charge is 2.33. The fraction of sp³-hybridized carbons (Fsp3) is 0.929. The molecule has 1 aliphatic carbocycles. The maximum Gasteiger partial charge on any atom is 0.407 e. The van der Waals surface area contributed by atoms with E-state index < -0.39 is 5.60 Å². The summed E-state index contributed by atoms with van der Waals surface area (Å²) in [5, 5.41) is 6.39. The van der Waals surface area contributed by atoms with Crippen LogP contribution in [0.5, 0.6) is 0 Å². The van der Waals surface area contributed by atoms with Gasteiger partial charge in [-0.15, -0.1) is 0 Å². The van der Waals surface area contributed by atoms with Gasteiger partial charge >= 0.3 is 6.09 Å². The van der Waals surface area contributed by atoms with Crippen molar-refractivity contribution in [3.8, 4) is 0 Å². The molecular formula is C14H26N2O2. The highest BCUT2D eigenvalue weighted by molar-refractivity contribution is 5.68. The molecule has 2 fully saturated rings. The smallest absolute Gasteiger partial charge is 0.407 e. The number of piperidine rings is 1. The van der Waals surface area contributed by atoms with Crippen LogP contribution in [0.15, 0.2) is 0 Å². The van der Waals surface area contributed by atoms with Gasteiger partial charge < -0.3 is 15.4 Å². The predicted molar refractivity (Wildman–Crippen MR) is 71.5 cm³/mol. The van der Waals surface area contributed by atoms with E-state index in [1.807, 2.05) is 20.8 Å². The van der Waals surface area contributed by atoms with Crippen molar-refractivity contribution in [3.63, 3.8) is 0 Å². The Kier molecular flexibility index (Phi) is 4.15. The first-order valence-corrected chi connectivity index (χ1v) is 7.14. The fourth-order valence-corrected chi connectivity index (χ4v) is 2.60. The summed E-state index contributed by atoms with van der Waals surface area (Å²) in [6.45, 7) is 7.63. The monoisotopic (exact) mass is 254 g/mol. The molecule has 4 heteroatoms. The lowest BCUT2D eigenvalue weighted by atomic mass is 9.88. The number of hydrogen-bond donors (Lipinski definition) is 2. The van der Waals surface area contributed by atoms with E-state index in [0.717, 1.165) is 25.4 Å². The van der Waals surface area contributed by atoms with Crippen molar-refractivity contribution in [1.82, 2.24) is 10.6 Å². The van der Waals surface area contributed by atoms with E-state index in [-0.39, 0.29) is 12.1 Å². The number of alkyl carbamates (subject to hydrolysis) is 1. The minimum absolute atomic E-state index is 0.231. The largest absolute Gasteiger partial charge is 0.444 e. The summed E-state index contributed by atoms with van der Waals surface area (Å²) in [4.78, 5) is 11.8.